The molecule has 0 spiro atoms. The summed E-state index contributed by atoms with van der Waals surface area (Å²) in [5.74, 6) is 0.666. The smallest absolute Gasteiger partial charge is 0.229 e. The Labute approximate surface area is 112 Å². The topological polar surface area (TPSA) is 20.3 Å². The number of benzene rings is 1. The van der Waals surface area contributed by atoms with E-state index in [1.165, 1.54) is 0 Å². The van der Waals surface area contributed by atoms with Gasteiger partial charge in [-0.15, -0.1) is 0 Å². The van der Waals surface area contributed by atoms with Gasteiger partial charge >= 0.3 is 0 Å². The number of nitrogens with zero attached hydrogens (tertiary/aromatic N) is 1. The molecular weight excluding hydrogens is 278 g/mol. The van der Waals surface area contributed by atoms with Gasteiger partial charge in [0, 0.05) is 22.6 Å². The average molecular weight is 298 g/mol. The van der Waals surface area contributed by atoms with Crippen LogP contribution in [0.2, 0.25) is 0 Å². The third-order valence-electron chi connectivity index (χ3n) is 2.45. The van der Waals surface area contributed by atoms with Crippen LogP contribution in [0.1, 0.15) is 27.7 Å². The van der Waals surface area contributed by atoms with E-state index in [9.17, 15) is 4.79 Å². The highest BCUT2D eigenvalue weighted by atomic mass is 79.9. The number of carbonyl (C=O) groups is 1. The second kappa shape index (κ2) is 6.20. The zero-order chi connectivity index (χ0) is 13.0. The average Bonchev–Trinajstić information content (AvgIpc) is 2.26. The molecule has 0 heterocycles. The second-order valence-electron chi connectivity index (χ2n) is 4.97. The van der Waals surface area contributed by atoms with Gasteiger partial charge in [0.15, 0.2) is 0 Å². The van der Waals surface area contributed by atoms with Gasteiger partial charge in [0.25, 0.3) is 0 Å². The molecule has 0 aliphatic rings. The summed E-state index contributed by atoms with van der Waals surface area (Å²) in [5, 5.41) is 0. The maximum Gasteiger partial charge on any atom is 0.229 e. The van der Waals surface area contributed by atoms with Crippen LogP contribution in [-0.2, 0) is 4.79 Å². The van der Waals surface area contributed by atoms with Crippen molar-refractivity contribution in [1.29, 1.82) is 0 Å². The molecule has 0 saturated carbocycles. The Balaban J connectivity index is 2.97. The van der Waals surface area contributed by atoms with Gasteiger partial charge in [0.1, 0.15) is 0 Å². The predicted octanol–water partition coefficient (Wildman–Crippen LogP) is 4.09. The van der Waals surface area contributed by atoms with Crippen molar-refractivity contribution in [3.63, 3.8) is 0 Å². The molecule has 0 aliphatic carbocycles. The Morgan fingerprint density at radius 2 is 1.71 bits per heavy atom. The number of carbonyl (C=O) groups excluding carboxylic acids is 1. The SMILES string of the molecule is CC(C)CN(C(=O)C(C)C)c1ccc(Br)cc1. The molecule has 2 nitrogen and oxygen atoms in total. The van der Waals surface area contributed by atoms with Gasteiger partial charge in [-0.3, -0.25) is 4.79 Å². The van der Waals surface area contributed by atoms with Crippen LogP contribution in [0.3, 0.4) is 0 Å². The number of halogens is 1. The van der Waals surface area contributed by atoms with Crippen LogP contribution in [0, 0.1) is 11.8 Å². The van der Waals surface area contributed by atoms with E-state index in [1.807, 2.05) is 43.0 Å². The van der Waals surface area contributed by atoms with Crippen LogP contribution in [0.25, 0.3) is 0 Å². The third kappa shape index (κ3) is 4.15. The van der Waals surface area contributed by atoms with Gasteiger partial charge in [0.05, 0.1) is 0 Å². The zero-order valence-electron chi connectivity index (χ0n) is 10.9. The Morgan fingerprint density at radius 1 is 1.18 bits per heavy atom. The fourth-order valence-corrected chi connectivity index (χ4v) is 1.88. The Kier molecular flexibility index (Phi) is 5.19. The van der Waals surface area contributed by atoms with Crippen LogP contribution < -0.4 is 4.90 Å². The maximum absolute atomic E-state index is 12.2. The minimum Gasteiger partial charge on any atom is -0.312 e. The van der Waals surface area contributed by atoms with Gasteiger partial charge in [-0.05, 0) is 30.2 Å². The molecule has 0 fully saturated rings. The summed E-state index contributed by atoms with van der Waals surface area (Å²) in [4.78, 5) is 14.1. The third-order valence-corrected chi connectivity index (χ3v) is 2.97. The van der Waals surface area contributed by atoms with Gasteiger partial charge in [-0.1, -0.05) is 43.6 Å². The van der Waals surface area contributed by atoms with Gasteiger partial charge < -0.3 is 4.90 Å². The van der Waals surface area contributed by atoms with E-state index in [2.05, 4.69) is 29.8 Å². The van der Waals surface area contributed by atoms with Crippen LogP contribution >= 0.6 is 15.9 Å². The van der Waals surface area contributed by atoms with Crippen LogP contribution in [0.4, 0.5) is 5.69 Å². The molecule has 1 aromatic carbocycles. The fourth-order valence-electron chi connectivity index (χ4n) is 1.62. The summed E-state index contributed by atoms with van der Waals surface area (Å²) in [7, 11) is 0. The maximum atomic E-state index is 12.2. The van der Waals surface area contributed by atoms with Crippen molar-refractivity contribution < 1.29 is 4.79 Å². The highest BCUT2D eigenvalue weighted by molar-refractivity contribution is 9.10. The predicted molar refractivity (Wildman–Crippen MR) is 76.2 cm³/mol. The van der Waals surface area contributed by atoms with Gasteiger partial charge in [-0.25, -0.2) is 0 Å². The summed E-state index contributed by atoms with van der Waals surface area (Å²) in [5.41, 5.74) is 0.973. The molecule has 0 unspecified atom stereocenters. The summed E-state index contributed by atoms with van der Waals surface area (Å²) in [6.07, 6.45) is 0. The van der Waals surface area contributed by atoms with E-state index in [4.69, 9.17) is 0 Å². The van der Waals surface area contributed by atoms with Crippen molar-refractivity contribution >= 4 is 27.5 Å². The second-order valence-corrected chi connectivity index (χ2v) is 5.89. The molecule has 0 aromatic heterocycles. The van der Waals surface area contributed by atoms with Gasteiger partial charge in [-0.2, -0.15) is 0 Å². The molecule has 17 heavy (non-hydrogen) atoms. The lowest BCUT2D eigenvalue weighted by Crippen LogP contribution is -2.37. The minimum atomic E-state index is 0.0254. The summed E-state index contributed by atoms with van der Waals surface area (Å²) in [6.45, 7) is 8.89. The van der Waals surface area contributed by atoms with E-state index >= 15 is 0 Å². The number of amides is 1. The number of anilines is 1. The van der Waals surface area contributed by atoms with Crippen molar-refractivity contribution in [3.8, 4) is 0 Å². The van der Waals surface area contributed by atoms with Crippen molar-refractivity contribution in [2.24, 2.45) is 11.8 Å². The first-order valence-electron chi connectivity index (χ1n) is 5.98. The summed E-state index contributed by atoms with van der Waals surface area (Å²) < 4.78 is 1.03. The Morgan fingerprint density at radius 3 is 2.12 bits per heavy atom. The molecule has 0 bridgehead atoms. The minimum absolute atomic E-state index is 0.0254. The largest absolute Gasteiger partial charge is 0.312 e. The van der Waals surface area contributed by atoms with Crippen molar-refractivity contribution in [2.45, 2.75) is 27.7 Å². The normalized spacial score (nSPS) is 11.0. The van der Waals surface area contributed by atoms with Crippen LogP contribution in [-0.4, -0.2) is 12.5 Å². The van der Waals surface area contributed by atoms with E-state index in [0.717, 1.165) is 16.7 Å². The molecule has 3 heteroatoms. The highest BCUT2D eigenvalue weighted by Gasteiger charge is 2.19. The molecule has 1 amide bonds. The Bertz CT molecular complexity index is 370. The fraction of sp³-hybridized carbons (Fsp3) is 0.500. The standard InChI is InChI=1S/C14H20BrNO/c1-10(2)9-16(14(17)11(3)4)13-7-5-12(15)6-8-13/h5-8,10-11H,9H2,1-4H3. The number of hydrogen-bond donors (Lipinski definition) is 0. The molecule has 1 aromatic rings. The first kappa shape index (κ1) is 14.2. The molecule has 0 N–H and O–H groups in total. The molecule has 94 valence electrons. The highest BCUT2D eigenvalue weighted by Crippen LogP contribution is 2.21. The number of hydrogen-bond acceptors (Lipinski definition) is 1. The summed E-state index contributed by atoms with van der Waals surface area (Å²) >= 11 is 3.41. The number of rotatable bonds is 4. The zero-order valence-corrected chi connectivity index (χ0v) is 12.5. The first-order valence-corrected chi connectivity index (χ1v) is 6.78. The van der Waals surface area contributed by atoms with E-state index in [-0.39, 0.29) is 11.8 Å². The van der Waals surface area contributed by atoms with Crippen molar-refractivity contribution in [2.75, 3.05) is 11.4 Å². The van der Waals surface area contributed by atoms with Crippen LogP contribution in [0.15, 0.2) is 28.7 Å². The van der Waals surface area contributed by atoms with Crippen molar-refractivity contribution in [1.82, 2.24) is 0 Å². The quantitative estimate of drug-likeness (QED) is 0.819. The molecule has 0 saturated heterocycles. The van der Waals surface area contributed by atoms with E-state index in [1.54, 1.807) is 0 Å². The summed E-state index contributed by atoms with van der Waals surface area (Å²) in [6, 6.07) is 7.89. The molecule has 0 atom stereocenters. The lowest BCUT2D eigenvalue weighted by Gasteiger charge is -2.26. The first-order chi connectivity index (χ1) is 7.91. The van der Waals surface area contributed by atoms with Gasteiger partial charge in [0.2, 0.25) is 5.91 Å². The van der Waals surface area contributed by atoms with E-state index in [0.29, 0.717) is 5.92 Å². The van der Waals surface area contributed by atoms with Crippen LogP contribution in [0.5, 0.6) is 0 Å². The molecule has 0 aliphatic heterocycles. The molecular formula is C14H20BrNO. The lowest BCUT2D eigenvalue weighted by molar-refractivity contribution is -0.121. The Hall–Kier alpha value is -0.830. The lowest BCUT2D eigenvalue weighted by atomic mass is 10.1. The van der Waals surface area contributed by atoms with E-state index < -0.39 is 0 Å². The molecule has 1 rings (SSSR count). The molecule has 0 radical (unpaired) electrons. The monoisotopic (exact) mass is 297 g/mol. The van der Waals surface area contributed by atoms with Crippen molar-refractivity contribution in [3.05, 3.63) is 28.7 Å².